The van der Waals surface area contributed by atoms with Crippen molar-refractivity contribution in [2.75, 3.05) is 0 Å². The number of nitrogens with zero attached hydrogens (tertiary/aromatic N) is 2. The van der Waals surface area contributed by atoms with Crippen LogP contribution in [0.15, 0.2) is 6.33 Å². The summed E-state index contributed by atoms with van der Waals surface area (Å²) in [6.07, 6.45) is 5.54. The number of hydrogen-bond donors (Lipinski definition) is 0. The molecule has 2 rings (SSSR count). The lowest BCUT2D eigenvalue weighted by Gasteiger charge is -2.03. The lowest BCUT2D eigenvalue weighted by atomic mass is 10.1. The van der Waals surface area contributed by atoms with E-state index in [2.05, 4.69) is 23.3 Å². The maximum Gasteiger partial charge on any atom is 0.136 e. The molecule has 2 nitrogen and oxygen atoms in total. The Kier molecular flexibility index (Phi) is 1.57. The van der Waals surface area contributed by atoms with E-state index in [9.17, 15) is 0 Å². The van der Waals surface area contributed by atoms with Gasteiger partial charge < -0.3 is 0 Å². The third-order valence-corrected chi connectivity index (χ3v) is 2.20. The van der Waals surface area contributed by atoms with Crippen LogP contribution >= 0.6 is 11.6 Å². The van der Waals surface area contributed by atoms with Gasteiger partial charge >= 0.3 is 0 Å². The van der Waals surface area contributed by atoms with E-state index in [0.717, 1.165) is 17.7 Å². The Labute approximate surface area is 70.6 Å². The van der Waals surface area contributed by atoms with E-state index in [0.29, 0.717) is 11.1 Å². The number of halogens is 1. The molecule has 0 amide bonds. The van der Waals surface area contributed by atoms with Crippen LogP contribution in [0.1, 0.15) is 30.5 Å². The van der Waals surface area contributed by atoms with Gasteiger partial charge in [0.1, 0.15) is 11.5 Å². The largest absolute Gasteiger partial charge is 0.240 e. The van der Waals surface area contributed by atoms with E-state index in [1.807, 2.05) is 0 Å². The number of aromatic nitrogens is 2. The summed E-state index contributed by atoms with van der Waals surface area (Å²) in [5.74, 6) is 0.429. The van der Waals surface area contributed by atoms with Crippen molar-refractivity contribution in [2.45, 2.75) is 19.3 Å². The summed E-state index contributed by atoms with van der Waals surface area (Å²) in [4.78, 5) is 7.98. The first kappa shape index (κ1) is 7.04. The molecule has 1 aromatic rings. The molecule has 1 heterocycles. The Hall–Kier alpha value is -0.630. The van der Waals surface area contributed by atoms with Gasteiger partial charge in [-0.05, 0) is 12.3 Å². The third kappa shape index (κ3) is 1.02. The second-order valence-electron chi connectivity index (χ2n) is 2.71. The molecule has 56 valence electrons. The fourth-order valence-electron chi connectivity index (χ4n) is 1.30. The van der Waals surface area contributed by atoms with Gasteiger partial charge in [0, 0.05) is 12.0 Å². The van der Waals surface area contributed by atoms with Gasteiger partial charge in [0.05, 0.1) is 5.69 Å². The zero-order valence-electron chi connectivity index (χ0n) is 6.13. The second-order valence-corrected chi connectivity index (χ2v) is 3.07. The maximum atomic E-state index is 5.87. The van der Waals surface area contributed by atoms with E-state index in [4.69, 9.17) is 11.6 Å². The van der Waals surface area contributed by atoms with Crippen molar-refractivity contribution in [3.63, 3.8) is 0 Å². The highest BCUT2D eigenvalue weighted by Crippen LogP contribution is 2.35. The molecule has 1 aromatic heterocycles. The van der Waals surface area contributed by atoms with Crippen molar-refractivity contribution in [3.05, 3.63) is 29.2 Å². The number of hydrogen-bond acceptors (Lipinski definition) is 2. The van der Waals surface area contributed by atoms with Gasteiger partial charge in [0.2, 0.25) is 0 Å². The molecule has 0 saturated carbocycles. The van der Waals surface area contributed by atoms with Crippen molar-refractivity contribution in [1.29, 1.82) is 0 Å². The van der Waals surface area contributed by atoms with Gasteiger partial charge in [-0.3, -0.25) is 0 Å². The fraction of sp³-hybridized carbons (Fsp3) is 0.375. The highest BCUT2D eigenvalue weighted by atomic mass is 35.5. The summed E-state index contributed by atoms with van der Waals surface area (Å²) in [5, 5.41) is 0.576. The van der Waals surface area contributed by atoms with Crippen molar-refractivity contribution in [2.24, 2.45) is 0 Å². The minimum atomic E-state index is 0.429. The van der Waals surface area contributed by atoms with Crippen molar-refractivity contribution >= 4 is 11.6 Å². The fourth-order valence-corrected chi connectivity index (χ4v) is 1.62. The monoisotopic (exact) mass is 166 g/mol. The predicted octanol–water partition coefficient (Wildman–Crippen LogP) is 2.07. The van der Waals surface area contributed by atoms with E-state index < -0.39 is 0 Å². The molecule has 0 saturated heterocycles. The first-order chi connectivity index (χ1) is 5.29. The van der Waals surface area contributed by atoms with Gasteiger partial charge in [-0.15, -0.1) is 0 Å². The van der Waals surface area contributed by atoms with Crippen molar-refractivity contribution in [3.8, 4) is 0 Å². The van der Waals surface area contributed by atoms with Crippen LogP contribution in [0.4, 0.5) is 0 Å². The minimum Gasteiger partial charge on any atom is -0.240 e. The molecule has 0 N–H and O–H groups in total. The molecule has 2 radical (unpaired) electrons. The summed E-state index contributed by atoms with van der Waals surface area (Å²) >= 11 is 5.87. The van der Waals surface area contributed by atoms with Crippen LogP contribution < -0.4 is 0 Å². The molecule has 0 aromatic carbocycles. The zero-order chi connectivity index (χ0) is 7.84. The van der Waals surface area contributed by atoms with Crippen LogP contribution in [0.3, 0.4) is 0 Å². The molecule has 0 unspecified atom stereocenters. The molecular formula is C8H7ClN2. The van der Waals surface area contributed by atoms with Crippen LogP contribution in [-0.4, -0.2) is 9.97 Å². The van der Waals surface area contributed by atoms with Crippen LogP contribution in [0.5, 0.6) is 0 Å². The number of fused-ring (bicyclic) bond motifs is 1. The van der Waals surface area contributed by atoms with E-state index in [1.165, 1.54) is 6.33 Å². The van der Waals surface area contributed by atoms with E-state index >= 15 is 0 Å². The minimum absolute atomic E-state index is 0.429. The highest BCUT2D eigenvalue weighted by Gasteiger charge is 2.23. The lowest BCUT2D eigenvalue weighted by Crippen LogP contribution is -1.92. The molecule has 0 fully saturated rings. The molecule has 0 spiro atoms. The van der Waals surface area contributed by atoms with Crippen molar-refractivity contribution in [1.82, 2.24) is 9.97 Å². The summed E-state index contributed by atoms with van der Waals surface area (Å²) < 4.78 is 0. The van der Waals surface area contributed by atoms with Gasteiger partial charge in [-0.2, -0.15) is 0 Å². The van der Waals surface area contributed by atoms with Crippen LogP contribution in [0.25, 0.3) is 0 Å². The van der Waals surface area contributed by atoms with Gasteiger partial charge in [0.15, 0.2) is 0 Å². The van der Waals surface area contributed by atoms with E-state index in [1.54, 1.807) is 0 Å². The first-order valence-electron chi connectivity index (χ1n) is 3.53. The third-order valence-electron chi connectivity index (χ3n) is 1.90. The number of rotatable bonds is 0. The molecule has 1 aliphatic rings. The maximum absolute atomic E-state index is 5.87. The first-order valence-corrected chi connectivity index (χ1v) is 3.91. The zero-order valence-corrected chi connectivity index (χ0v) is 6.89. The summed E-state index contributed by atoms with van der Waals surface area (Å²) in [6, 6.07) is 0. The summed E-state index contributed by atoms with van der Waals surface area (Å²) in [7, 11) is 0. The van der Waals surface area contributed by atoms with Gasteiger partial charge in [-0.25, -0.2) is 9.97 Å². The Balaban J connectivity index is 2.58. The van der Waals surface area contributed by atoms with Gasteiger partial charge in [-0.1, -0.05) is 18.5 Å². The topological polar surface area (TPSA) is 25.8 Å². The van der Waals surface area contributed by atoms with Crippen LogP contribution in [0, 0.1) is 6.42 Å². The average molecular weight is 167 g/mol. The summed E-state index contributed by atoms with van der Waals surface area (Å²) in [6.45, 7) is 2.11. The van der Waals surface area contributed by atoms with Crippen LogP contribution in [0.2, 0.25) is 5.15 Å². The normalized spacial score (nSPS) is 21.8. The van der Waals surface area contributed by atoms with Crippen molar-refractivity contribution < 1.29 is 0 Å². The standard InChI is InChI=1S/C8H7ClN2/c1-5-2-3-6-7(5)8(9)11-4-10-6/h4-5H,2H2,1H3/t5-/m1/s1. The molecule has 0 aliphatic heterocycles. The molecule has 3 heteroatoms. The Morgan fingerprint density at radius 1 is 1.64 bits per heavy atom. The molecular weight excluding hydrogens is 160 g/mol. The highest BCUT2D eigenvalue weighted by molar-refractivity contribution is 6.30. The Morgan fingerprint density at radius 3 is 3.18 bits per heavy atom. The molecule has 1 atom stereocenters. The van der Waals surface area contributed by atoms with Crippen LogP contribution in [-0.2, 0) is 0 Å². The Bertz CT molecular complexity index is 285. The quantitative estimate of drug-likeness (QED) is 0.552. The van der Waals surface area contributed by atoms with E-state index in [-0.39, 0.29) is 0 Å². The lowest BCUT2D eigenvalue weighted by molar-refractivity contribution is 0.800. The predicted molar refractivity (Wildman–Crippen MR) is 42.4 cm³/mol. The average Bonchev–Trinajstić information content (AvgIpc) is 2.34. The summed E-state index contributed by atoms with van der Waals surface area (Å²) in [5.41, 5.74) is 1.94. The molecule has 0 bridgehead atoms. The molecule has 11 heavy (non-hydrogen) atoms. The molecule has 1 aliphatic carbocycles. The Morgan fingerprint density at radius 2 is 2.45 bits per heavy atom. The smallest absolute Gasteiger partial charge is 0.136 e. The SMILES string of the molecule is C[C@@H]1C[C]c2ncnc(Cl)c21. The second kappa shape index (κ2) is 2.45. The van der Waals surface area contributed by atoms with Gasteiger partial charge in [0.25, 0.3) is 0 Å².